The van der Waals surface area contributed by atoms with Crippen molar-refractivity contribution in [1.29, 1.82) is 0 Å². The summed E-state index contributed by atoms with van der Waals surface area (Å²) < 4.78 is 30.2. The van der Waals surface area contributed by atoms with Crippen LogP contribution in [0.15, 0.2) is 36.4 Å². The Hall–Kier alpha value is -2.47. The highest BCUT2D eigenvalue weighted by molar-refractivity contribution is 5.54. The van der Waals surface area contributed by atoms with Crippen molar-refractivity contribution in [3.05, 3.63) is 47.8 Å². The molecule has 1 aliphatic rings. The van der Waals surface area contributed by atoms with E-state index in [0.29, 0.717) is 22.9 Å². The van der Waals surface area contributed by atoms with Crippen molar-refractivity contribution >= 4 is 5.69 Å². The van der Waals surface area contributed by atoms with Crippen LogP contribution >= 0.6 is 0 Å². The highest BCUT2D eigenvalue weighted by atomic mass is 19.1. The summed E-state index contributed by atoms with van der Waals surface area (Å²) in [5, 5.41) is 0. The Labute approximate surface area is 166 Å². The van der Waals surface area contributed by atoms with Gasteiger partial charge in [0.2, 0.25) is 5.75 Å². The fraction of sp³-hybridized carbons (Fsp3) is 0.455. The van der Waals surface area contributed by atoms with Gasteiger partial charge < -0.3 is 19.1 Å². The van der Waals surface area contributed by atoms with Crippen molar-refractivity contribution in [3.63, 3.8) is 0 Å². The standard InChI is InChI=1S/C22H29FN2O3/c1-26-20-15-17(16-21(27-2)22(20)28-3)7-6-10-24-11-13-25(14-12-24)19-9-5-4-8-18(19)23/h4-5,8-9,15-16H,6-7,10-14H2,1-3H3. The summed E-state index contributed by atoms with van der Waals surface area (Å²) in [6, 6.07) is 11.0. The third-order valence-electron chi connectivity index (χ3n) is 5.23. The van der Waals surface area contributed by atoms with Gasteiger partial charge in [-0.15, -0.1) is 0 Å². The Morgan fingerprint density at radius 3 is 2.11 bits per heavy atom. The highest BCUT2D eigenvalue weighted by Crippen LogP contribution is 2.38. The molecule has 152 valence electrons. The molecule has 0 N–H and O–H groups in total. The van der Waals surface area contributed by atoms with Crippen molar-refractivity contribution < 1.29 is 18.6 Å². The first-order chi connectivity index (χ1) is 13.7. The van der Waals surface area contributed by atoms with Crippen LogP contribution < -0.4 is 19.1 Å². The zero-order valence-electron chi connectivity index (χ0n) is 16.9. The molecule has 0 bridgehead atoms. The minimum absolute atomic E-state index is 0.140. The first kappa shape index (κ1) is 20.3. The molecular weight excluding hydrogens is 359 g/mol. The van der Waals surface area contributed by atoms with Crippen molar-refractivity contribution in [1.82, 2.24) is 4.90 Å². The molecule has 0 amide bonds. The largest absolute Gasteiger partial charge is 0.493 e. The summed E-state index contributed by atoms with van der Waals surface area (Å²) in [6.45, 7) is 4.62. The van der Waals surface area contributed by atoms with Crippen LogP contribution in [-0.4, -0.2) is 59.0 Å². The summed E-state index contributed by atoms with van der Waals surface area (Å²) in [4.78, 5) is 4.57. The third kappa shape index (κ3) is 4.68. The number of ether oxygens (including phenoxy) is 3. The fourth-order valence-corrected chi connectivity index (χ4v) is 3.71. The van der Waals surface area contributed by atoms with E-state index < -0.39 is 0 Å². The topological polar surface area (TPSA) is 34.2 Å². The molecule has 1 heterocycles. The molecule has 0 radical (unpaired) electrons. The molecule has 5 nitrogen and oxygen atoms in total. The fourth-order valence-electron chi connectivity index (χ4n) is 3.71. The van der Waals surface area contributed by atoms with Gasteiger partial charge in [-0.3, -0.25) is 4.90 Å². The van der Waals surface area contributed by atoms with Gasteiger partial charge in [0.05, 0.1) is 27.0 Å². The number of piperazine rings is 1. The smallest absolute Gasteiger partial charge is 0.203 e. The van der Waals surface area contributed by atoms with Crippen molar-refractivity contribution in [2.24, 2.45) is 0 Å². The number of rotatable bonds is 8. The van der Waals surface area contributed by atoms with Crippen molar-refractivity contribution in [2.75, 3.05) is 59.0 Å². The van der Waals surface area contributed by atoms with E-state index in [1.54, 1.807) is 27.4 Å². The van der Waals surface area contributed by atoms with Crippen molar-refractivity contribution in [3.8, 4) is 17.2 Å². The van der Waals surface area contributed by atoms with E-state index in [0.717, 1.165) is 45.6 Å². The minimum atomic E-state index is -0.140. The van der Waals surface area contributed by atoms with E-state index in [1.807, 2.05) is 24.3 Å². The van der Waals surface area contributed by atoms with E-state index in [4.69, 9.17) is 14.2 Å². The predicted octanol–water partition coefficient (Wildman–Crippen LogP) is 3.61. The predicted molar refractivity (Wildman–Crippen MR) is 109 cm³/mol. The van der Waals surface area contributed by atoms with Crippen LogP contribution in [0.4, 0.5) is 10.1 Å². The normalized spacial score (nSPS) is 14.8. The van der Waals surface area contributed by atoms with E-state index in [1.165, 1.54) is 11.6 Å². The Balaban J connectivity index is 1.51. The number of para-hydroxylation sites is 1. The second-order valence-corrected chi connectivity index (χ2v) is 6.92. The van der Waals surface area contributed by atoms with Crippen LogP contribution in [0.2, 0.25) is 0 Å². The molecule has 2 aromatic rings. The molecule has 0 aromatic heterocycles. The molecule has 1 saturated heterocycles. The monoisotopic (exact) mass is 388 g/mol. The van der Waals surface area contributed by atoms with Gasteiger partial charge in [-0.25, -0.2) is 4.39 Å². The Kier molecular flexibility index (Phi) is 6.98. The lowest BCUT2D eigenvalue weighted by Gasteiger charge is -2.36. The summed E-state index contributed by atoms with van der Waals surface area (Å²) in [5.74, 6) is 1.86. The van der Waals surface area contributed by atoms with Crippen LogP contribution in [0, 0.1) is 5.82 Å². The average Bonchev–Trinajstić information content (AvgIpc) is 2.74. The van der Waals surface area contributed by atoms with Gasteiger partial charge in [0.25, 0.3) is 0 Å². The van der Waals surface area contributed by atoms with Crippen LogP contribution in [0.25, 0.3) is 0 Å². The van der Waals surface area contributed by atoms with Gasteiger partial charge in [-0.05, 0) is 49.2 Å². The number of nitrogens with zero attached hydrogens (tertiary/aromatic N) is 2. The van der Waals surface area contributed by atoms with E-state index in [2.05, 4.69) is 9.80 Å². The second kappa shape index (κ2) is 9.64. The molecule has 1 fully saturated rings. The number of methoxy groups -OCH3 is 3. The van der Waals surface area contributed by atoms with Crippen LogP contribution in [-0.2, 0) is 6.42 Å². The van der Waals surface area contributed by atoms with E-state index in [-0.39, 0.29) is 5.82 Å². The quantitative estimate of drug-likeness (QED) is 0.690. The maximum Gasteiger partial charge on any atom is 0.203 e. The lowest BCUT2D eigenvalue weighted by atomic mass is 10.1. The zero-order valence-corrected chi connectivity index (χ0v) is 16.9. The number of aryl methyl sites for hydroxylation is 1. The lowest BCUT2D eigenvalue weighted by molar-refractivity contribution is 0.254. The van der Waals surface area contributed by atoms with Crippen LogP contribution in [0.3, 0.4) is 0 Å². The minimum Gasteiger partial charge on any atom is -0.493 e. The first-order valence-electron chi connectivity index (χ1n) is 9.67. The molecule has 0 saturated carbocycles. The molecule has 1 aliphatic heterocycles. The molecule has 0 aliphatic carbocycles. The maximum absolute atomic E-state index is 14.0. The molecular formula is C22H29FN2O3. The Morgan fingerprint density at radius 2 is 1.54 bits per heavy atom. The third-order valence-corrected chi connectivity index (χ3v) is 5.23. The molecule has 2 aromatic carbocycles. The molecule has 6 heteroatoms. The molecule has 0 unspecified atom stereocenters. The van der Waals surface area contributed by atoms with Gasteiger partial charge in [0.1, 0.15) is 5.82 Å². The van der Waals surface area contributed by atoms with Gasteiger partial charge in [0.15, 0.2) is 11.5 Å². The summed E-state index contributed by atoms with van der Waals surface area (Å²) in [6.07, 6.45) is 1.97. The van der Waals surface area contributed by atoms with Crippen molar-refractivity contribution in [2.45, 2.75) is 12.8 Å². The molecule has 0 atom stereocenters. The highest BCUT2D eigenvalue weighted by Gasteiger charge is 2.19. The van der Waals surface area contributed by atoms with E-state index in [9.17, 15) is 4.39 Å². The number of hydrogen-bond acceptors (Lipinski definition) is 5. The number of hydrogen-bond donors (Lipinski definition) is 0. The lowest BCUT2D eigenvalue weighted by Crippen LogP contribution is -2.47. The van der Waals surface area contributed by atoms with Crippen LogP contribution in [0.5, 0.6) is 17.2 Å². The molecule has 0 spiro atoms. The molecule has 28 heavy (non-hydrogen) atoms. The Bertz CT molecular complexity index is 751. The second-order valence-electron chi connectivity index (χ2n) is 6.92. The van der Waals surface area contributed by atoms with Gasteiger partial charge in [0, 0.05) is 26.2 Å². The number of halogens is 1. The SMILES string of the molecule is COc1cc(CCCN2CCN(c3ccccc3F)CC2)cc(OC)c1OC. The first-order valence-corrected chi connectivity index (χ1v) is 9.67. The van der Waals surface area contributed by atoms with Gasteiger partial charge in [-0.2, -0.15) is 0 Å². The molecule has 3 rings (SSSR count). The Morgan fingerprint density at radius 1 is 0.893 bits per heavy atom. The summed E-state index contributed by atoms with van der Waals surface area (Å²) in [5.41, 5.74) is 1.87. The van der Waals surface area contributed by atoms with Gasteiger partial charge >= 0.3 is 0 Å². The van der Waals surface area contributed by atoms with Crippen LogP contribution in [0.1, 0.15) is 12.0 Å². The number of benzene rings is 2. The maximum atomic E-state index is 14.0. The summed E-state index contributed by atoms with van der Waals surface area (Å²) >= 11 is 0. The van der Waals surface area contributed by atoms with Gasteiger partial charge in [-0.1, -0.05) is 12.1 Å². The number of anilines is 1. The summed E-state index contributed by atoms with van der Waals surface area (Å²) in [7, 11) is 4.88. The van der Waals surface area contributed by atoms with E-state index >= 15 is 0 Å². The average molecular weight is 388 g/mol. The zero-order chi connectivity index (χ0) is 19.9.